The van der Waals surface area contributed by atoms with Crippen molar-refractivity contribution in [2.45, 2.75) is 50.7 Å². The van der Waals surface area contributed by atoms with Gasteiger partial charge >= 0.3 is 0 Å². The minimum atomic E-state index is -0.207. The second-order valence-electron chi connectivity index (χ2n) is 5.38. The molecule has 4 heteroatoms. The fourth-order valence-corrected chi connectivity index (χ4v) is 2.85. The van der Waals surface area contributed by atoms with Gasteiger partial charge in [0.2, 0.25) is 0 Å². The highest BCUT2D eigenvalue weighted by Gasteiger charge is 2.24. The van der Waals surface area contributed by atoms with Crippen LogP contribution in [0.25, 0.3) is 0 Å². The first-order valence-electron chi connectivity index (χ1n) is 7.41. The first-order chi connectivity index (χ1) is 9.72. The second-order valence-corrected chi connectivity index (χ2v) is 5.38. The molecule has 0 unspecified atom stereocenters. The fraction of sp³-hybridized carbons (Fsp3) is 0.625. The summed E-state index contributed by atoms with van der Waals surface area (Å²) in [5.74, 6) is 0.556. The van der Waals surface area contributed by atoms with Gasteiger partial charge in [-0.05, 0) is 68.8 Å². The van der Waals surface area contributed by atoms with Gasteiger partial charge in [-0.25, -0.2) is 4.39 Å². The van der Waals surface area contributed by atoms with Crippen LogP contribution in [0.4, 0.5) is 4.39 Å². The van der Waals surface area contributed by atoms with Crippen molar-refractivity contribution >= 4 is 0 Å². The Balaban J connectivity index is 1.77. The molecule has 0 amide bonds. The molecule has 1 aliphatic heterocycles. The maximum Gasteiger partial charge on any atom is 0.123 e. The Morgan fingerprint density at radius 2 is 2.05 bits per heavy atom. The van der Waals surface area contributed by atoms with E-state index in [-0.39, 0.29) is 5.82 Å². The maximum absolute atomic E-state index is 13.3. The lowest BCUT2D eigenvalue weighted by Crippen LogP contribution is -2.15. The number of benzene rings is 1. The van der Waals surface area contributed by atoms with Crippen molar-refractivity contribution in [3.63, 3.8) is 0 Å². The fourth-order valence-electron chi connectivity index (χ4n) is 2.85. The van der Waals surface area contributed by atoms with E-state index in [4.69, 9.17) is 15.2 Å². The van der Waals surface area contributed by atoms with Crippen LogP contribution in [0, 0.1) is 5.82 Å². The molecule has 0 aromatic heterocycles. The minimum absolute atomic E-state index is 0.207. The first kappa shape index (κ1) is 15.3. The van der Waals surface area contributed by atoms with Gasteiger partial charge in [-0.15, -0.1) is 0 Å². The summed E-state index contributed by atoms with van der Waals surface area (Å²) in [5, 5.41) is 0. The van der Waals surface area contributed by atoms with E-state index in [9.17, 15) is 4.39 Å². The summed E-state index contributed by atoms with van der Waals surface area (Å²) >= 11 is 0. The molecule has 2 atom stereocenters. The summed E-state index contributed by atoms with van der Waals surface area (Å²) in [6, 6.07) is 4.68. The standard InChI is InChI=1S/C16H24FNO2/c1-19-16-8-5-13(17)11-12(16)3-2-4-14-6-7-15(20-14)9-10-18/h5,8,11,14-15H,2-4,6-7,9-10,18H2,1H3/t14-,15+/m1/s1. The topological polar surface area (TPSA) is 44.5 Å². The summed E-state index contributed by atoms with van der Waals surface area (Å²) < 4.78 is 24.5. The van der Waals surface area contributed by atoms with Crippen molar-refractivity contribution in [3.8, 4) is 5.75 Å². The van der Waals surface area contributed by atoms with Crippen LogP contribution in [0.1, 0.15) is 37.7 Å². The normalized spacial score (nSPS) is 22.1. The quantitative estimate of drug-likeness (QED) is 0.835. The molecule has 0 bridgehead atoms. The molecule has 1 aromatic carbocycles. The van der Waals surface area contributed by atoms with E-state index in [0.29, 0.717) is 18.8 Å². The van der Waals surface area contributed by atoms with Crippen LogP contribution >= 0.6 is 0 Å². The molecule has 1 heterocycles. The Hall–Kier alpha value is -1.13. The first-order valence-corrected chi connectivity index (χ1v) is 7.41. The molecule has 1 saturated heterocycles. The Labute approximate surface area is 120 Å². The van der Waals surface area contributed by atoms with Crippen molar-refractivity contribution in [2.24, 2.45) is 5.73 Å². The van der Waals surface area contributed by atoms with Crippen molar-refractivity contribution in [2.75, 3.05) is 13.7 Å². The largest absolute Gasteiger partial charge is 0.496 e. The van der Waals surface area contributed by atoms with Crippen LogP contribution in [0.5, 0.6) is 5.75 Å². The number of hydrogen-bond donors (Lipinski definition) is 1. The highest BCUT2D eigenvalue weighted by Crippen LogP contribution is 2.27. The van der Waals surface area contributed by atoms with E-state index in [1.807, 2.05) is 0 Å². The molecular formula is C16H24FNO2. The van der Waals surface area contributed by atoms with Crippen LogP contribution in [0.15, 0.2) is 18.2 Å². The lowest BCUT2D eigenvalue weighted by Gasteiger charge is -2.13. The second kappa shape index (κ2) is 7.60. The third-order valence-electron chi connectivity index (χ3n) is 3.90. The van der Waals surface area contributed by atoms with E-state index >= 15 is 0 Å². The maximum atomic E-state index is 13.3. The number of rotatable bonds is 7. The van der Waals surface area contributed by atoms with Crippen LogP contribution < -0.4 is 10.5 Å². The Kier molecular flexibility index (Phi) is 5.80. The molecule has 20 heavy (non-hydrogen) atoms. The van der Waals surface area contributed by atoms with Gasteiger partial charge in [0.1, 0.15) is 11.6 Å². The molecule has 0 aliphatic carbocycles. The predicted molar refractivity (Wildman–Crippen MR) is 77.5 cm³/mol. The molecule has 0 spiro atoms. The third kappa shape index (κ3) is 4.18. The number of aryl methyl sites for hydroxylation is 1. The van der Waals surface area contributed by atoms with Gasteiger partial charge in [0.25, 0.3) is 0 Å². The molecule has 3 nitrogen and oxygen atoms in total. The summed E-state index contributed by atoms with van der Waals surface area (Å²) in [7, 11) is 1.62. The minimum Gasteiger partial charge on any atom is -0.496 e. The number of nitrogens with two attached hydrogens (primary N) is 1. The number of halogens is 1. The molecule has 1 aliphatic rings. The summed E-state index contributed by atoms with van der Waals surface area (Å²) in [4.78, 5) is 0. The summed E-state index contributed by atoms with van der Waals surface area (Å²) in [6.45, 7) is 0.692. The number of hydrogen-bond acceptors (Lipinski definition) is 3. The summed E-state index contributed by atoms with van der Waals surface area (Å²) in [6.07, 6.45) is 6.69. The van der Waals surface area contributed by atoms with Gasteiger partial charge in [-0.1, -0.05) is 0 Å². The van der Waals surface area contributed by atoms with E-state index in [1.54, 1.807) is 19.2 Å². The molecule has 2 rings (SSSR count). The highest BCUT2D eigenvalue weighted by molar-refractivity contribution is 5.33. The molecule has 112 valence electrons. The number of methoxy groups -OCH3 is 1. The molecule has 1 aromatic rings. The molecule has 0 radical (unpaired) electrons. The zero-order valence-corrected chi connectivity index (χ0v) is 12.1. The molecular weight excluding hydrogens is 257 g/mol. The van der Waals surface area contributed by atoms with Gasteiger partial charge < -0.3 is 15.2 Å². The lowest BCUT2D eigenvalue weighted by atomic mass is 10.0. The molecule has 2 N–H and O–H groups in total. The average Bonchev–Trinajstić information content (AvgIpc) is 2.87. The zero-order chi connectivity index (χ0) is 14.4. The SMILES string of the molecule is COc1ccc(F)cc1CCC[C@@H]1CC[C@@H](CCN)O1. The monoisotopic (exact) mass is 281 g/mol. The van der Waals surface area contributed by atoms with Crippen molar-refractivity contribution in [1.29, 1.82) is 0 Å². The van der Waals surface area contributed by atoms with Crippen LogP contribution in [-0.4, -0.2) is 25.9 Å². The highest BCUT2D eigenvalue weighted by atomic mass is 19.1. The lowest BCUT2D eigenvalue weighted by molar-refractivity contribution is 0.0366. The van der Waals surface area contributed by atoms with Gasteiger partial charge in [0, 0.05) is 0 Å². The van der Waals surface area contributed by atoms with Crippen molar-refractivity contribution in [1.82, 2.24) is 0 Å². The average molecular weight is 281 g/mol. The van der Waals surface area contributed by atoms with Gasteiger partial charge in [-0.2, -0.15) is 0 Å². The van der Waals surface area contributed by atoms with Crippen LogP contribution in [0.2, 0.25) is 0 Å². The van der Waals surface area contributed by atoms with Crippen molar-refractivity contribution < 1.29 is 13.9 Å². The Bertz CT molecular complexity index is 425. The Morgan fingerprint density at radius 3 is 2.75 bits per heavy atom. The number of ether oxygens (including phenoxy) is 2. The van der Waals surface area contributed by atoms with Gasteiger partial charge in [0.15, 0.2) is 0 Å². The smallest absolute Gasteiger partial charge is 0.123 e. The van der Waals surface area contributed by atoms with Crippen LogP contribution in [0.3, 0.4) is 0 Å². The zero-order valence-electron chi connectivity index (χ0n) is 12.1. The van der Waals surface area contributed by atoms with E-state index in [2.05, 4.69) is 0 Å². The van der Waals surface area contributed by atoms with E-state index in [0.717, 1.165) is 49.8 Å². The third-order valence-corrected chi connectivity index (χ3v) is 3.90. The van der Waals surface area contributed by atoms with Gasteiger partial charge in [-0.3, -0.25) is 0 Å². The molecule has 0 saturated carbocycles. The molecule has 1 fully saturated rings. The Morgan fingerprint density at radius 1 is 1.30 bits per heavy atom. The van der Waals surface area contributed by atoms with E-state index < -0.39 is 0 Å². The van der Waals surface area contributed by atoms with E-state index in [1.165, 1.54) is 6.07 Å². The predicted octanol–water partition coefficient (Wildman–Crippen LogP) is 3.05. The van der Waals surface area contributed by atoms with Gasteiger partial charge in [0.05, 0.1) is 19.3 Å². The van der Waals surface area contributed by atoms with Crippen molar-refractivity contribution in [3.05, 3.63) is 29.6 Å². The van der Waals surface area contributed by atoms with Crippen LogP contribution in [-0.2, 0) is 11.2 Å². The summed E-state index contributed by atoms with van der Waals surface area (Å²) in [5.41, 5.74) is 6.48.